The zero-order valence-electron chi connectivity index (χ0n) is 18.4. The van der Waals surface area contributed by atoms with E-state index in [1.165, 1.54) is 0 Å². The number of unbranched alkanes of at least 4 members (excludes halogenated alkanes) is 1. The number of carbonyl (C=O) groups is 1. The summed E-state index contributed by atoms with van der Waals surface area (Å²) in [5, 5.41) is 3.62. The molecule has 0 aromatic heterocycles. The second kappa shape index (κ2) is 13.6. The molecule has 0 heterocycles. The predicted molar refractivity (Wildman–Crippen MR) is 111 cm³/mol. The number of allylic oxidation sites excluding steroid dienone is 2. The van der Waals surface area contributed by atoms with Crippen molar-refractivity contribution in [2.45, 2.75) is 73.3 Å². The monoisotopic (exact) mass is 496 g/mol. The third kappa shape index (κ3) is 12.5. The van der Waals surface area contributed by atoms with E-state index in [4.69, 9.17) is 0 Å². The van der Waals surface area contributed by atoms with Crippen molar-refractivity contribution in [2.24, 2.45) is 10.4 Å². The number of halogens is 2. The second-order valence-electron chi connectivity index (χ2n) is 8.29. The van der Waals surface area contributed by atoms with E-state index in [1.54, 1.807) is 6.08 Å². The fourth-order valence-corrected chi connectivity index (χ4v) is 5.06. The average Bonchev–Trinajstić information content (AvgIpc) is 2.58. The number of carbonyl (C=O) groups excluding carboxylic acids is 1. The van der Waals surface area contributed by atoms with Gasteiger partial charge in [-0.3, -0.25) is 0 Å². The van der Waals surface area contributed by atoms with Crippen molar-refractivity contribution in [3.8, 4) is 0 Å². The van der Waals surface area contributed by atoms with E-state index < -0.39 is 6.67 Å². The Morgan fingerprint density at radius 3 is 2.37 bits per heavy atom. The Labute approximate surface area is 176 Å². The summed E-state index contributed by atoms with van der Waals surface area (Å²) in [5.74, 6) is 0.230. The van der Waals surface area contributed by atoms with E-state index in [0.717, 1.165) is 47.0 Å². The molecule has 0 aromatic rings. The first-order chi connectivity index (χ1) is 12.6. The molecule has 0 aromatic carbocycles. The van der Waals surface area contributed by atoms with Crippen molar-refractivity contribution in [2.75, 3.05) is 30.9 Å². The molecule has 0 saturated carbocycles. The molecule has 0 aliphatic carbocycles. The quantitative estimate of drug-likeness (QED) is 0.138. The van der Waals surface area contributed by atoms with Gasteiger partial charge in [-0.2, -0.15) is 0 Å². The van der Waals surface area contributed by atoms with E-state index in [1.807, 2.05) is 45.7 Å². The molecule has 0 unspecified atom stereocenters. The molecule has 6 heteroatoms. The Balaban J connectivity index is 4.27. The van der Waals surface area contributed by atoms with Gasteiger partial charge in [-0.05, 0) is 0 Å². The molecule has 0 atom stereocenters. The molecule has 0 spiro atoms. The van der Waals surface area contributed by atoms with E-state index in [9.17, 15) is 9.18 Å². The van der Waals surface area contributed by atoms with Crippen LogP contribution in [0.4, 0.5) is 4.39 Å². The summed E-state index contributed by atoms with van der Waals surface area (Å²) >= 11 is -0.273. The van der Waals surface area contributed by atoms with Crippen molar-refractivity contribution in [1.29, 1.82) is 0 Å². The molecule has 0 saturated heterocycles. The summed E-state index contributed by atoms with van der Waals surface area (Å²) in [7, 11) is 0. The molecule has 160 valence electrons. The van der Waals surface area contributed by atoms with Gasteiger partial charge in [-0.15, -0.1) is 0 Å². The van der Waals surface area contributed by atoms with Gasteiger partial charge < -0.3 is 0 Å². The molecular weight excluding hydrogens is 456 g/mol. The zero-order chi connectivity index (χ0) is 20.9. The third-order valence-electron chi connectivity index (χ3n) is 4.23. The summed E-state index contributed by atoms with van der Waals surface area (Å²) in [6, 6.07) is 0. The van der Waals surface area contributed by atoms with Crippen molar-refractivity contribution >= 4 is 12.1 Å². The normalized spacial score (nSPS) is 13.6. The summed E-state index contributed by atoms with van der Waals surface area (Å²) in [6.45, 7) is 16.3. The number of hydrogen-bond acceptors (Lipinski definition) is 3. The predicted octanol–water partition coefficient (Wildman–Crippen LogP) is 1.41. The molecule has 0 aliphatic rings. The SMILES string of the molecule is CCN=C/C(=C\CF)[I-]CNC(C)(C)CCCCN(CC)C(=O)C(C)(C)C. The van der Waals surface area contributed by atoms with Gasteiger partial charge in [0.2, 0.25) is 0 Å². The first kappa shape index (κ1) is 26.5. The van der Waals surface area contributed by atoms with E-state index in [-0.39, 0.29) is 38.1 Å². The number of hydrogen-bond donors (Lipinski definition) is 1. The van der Waals surface area contributed by atoms with Gasteiger partial charge in [0.15, 0.2) is 0 Å². The van der Waals surface area contributed by atoms with Gasteiger partial charge >= 0.3 is 177 Å². The molecule has 1 N–H and O–H groups in total. The molecule has 0 aliphatic heterocycles. The number of nitrogens with zero attached hydrogens (tertiary/aromatic N) is 2. The average molecular weight is 496 g/mol. The Morgan fingerprint density at radius 2 is 1.85 bits per heavy atom. The molecule has 0 rings (SSSR count). The maximum absolute atomic E-state index is 12.6. The summed E-state index contributed by atoms with van der Waals surface area (Å²) in [6.07, 6.45) is 6.63. The van der Waals surface area contributed by atoms with Crippen molar-refractivity contribution in [3.05, 3.63) is 9.66 Å². The summed E-state index contributed by atoms with van der Waals surface area (Å²) < 4.78 is 14.6. The van der Waals surface area contributed by atoms with Crippen molar-refractivity contribution in [3.63, 3.8) is 0 Å². The first-order valence-corrected chi connectivity index (χ1v) is 12.6. The number of nitrogens with one attached hydrogen (secondary N) is 1. The van der Waals surface area contributed by atoms with Crippen LogP contribution in [0.25, 0.3) is 0 Å². The molecule has 1 amide bonds. The van der Waals surface area contributed by atoms with Crippen LogP contribution in [0.5, 0.6) is 0 Å². The molecule has 0 radical (unpaired) electrons. The molecule has 0 bridgehead atoms. The topological polar surface area (TPSA) is 44.7 Å². The van der Waals surface area contributed by atoms with Crippen LogP contribution in [0.3, 0.4) is 0 Å². The van der Waals surface area contributed by atoms with Crippen LogP contribution in [0.2, 0.25) is 0 Å². The van der Waals surface area contributed by atoms with Gasteiger partial charge in [-0.25, -0.2) is 0 Å². The summed E-state index contributed by atoms with van der Waals surface area (Å²) in [4.78, 5) is 18.6. The summed E-state index contributed by atoms with van der Waals surface area (Å²) in [5.41, 5.74) is -0.264. The van der Waals surface area contributed by atoms with Crippen LogP contribution >= 0.6 is 0 Å². The third-order valence-corrected chi connectivity index (χ3v) is 6.59. The van der Waals surface area contributed by atoms with Gasteiger partial charge in [0.05, 0.1) is 0 Å². The minimum atomic E-state index is -0.421. The van der Waals surface area contributed by atoms with Gasteiger partial charge in [0.1, 0.15) is 0 Å². The Hall–Kier alpha value is -0.500. The second-order valence-corrected chi connectivity index (χ2v) is 11.1. The van der Waals surface area contributed by atoms with E-state index >= 15 is 0 Å². The van der Waals surface area contributed by atoms with Crippen molar-refractivity contribution in [1.82, 2.24) is 10.2 Å². The van der Waals surface area contributed by atoms with Crippen LogP contribution < -0.4 is 26.5 Å². The number of alkyl halides is 2. The fourth-order valence-electron chi connectivity index (χ4n) is 2.52. The van der Waals surface area contributed by atoms with E-state index in [2.05, 4.69) is 24.2 Å². The van der Waals surface area contributed by atoms with Crippen LogP contribution in [0.15, 0.2) is 14.6 Å². The Kier molecular flexibility index (Phi) is 13.4. The van der Waals surface area contributed by atoms with Crippen LogP contribution in [0, 0.1) is 5.41 Å². The first-order valence-electron chi connectivity index (χ1n) is 9.97. The number of amides is 1. The zero-order valence-corrected chi connectivity index (χ0v) is 20.5. The maximum atomic E-state index is 12.6. The molecule has 0 fully saturated rings. The molecule has 27 heavy (non-hydrogen) atoms. The fraction of sp³-hybridized carbons (Fsp3) is 0.810. The van der Waals surface area contributed by atoms with Gasteiger partial charge in [-0.1, -0.05) is 0 Å². The van der Waals surface area contributed by atoms with Crippen LogP contribution in [-0.2, 0) is 4.79 Å². The molecular formula is C21H40FIN3O-. The minimum absolute atomic E-state index is 0.0491. The molecule has 4 nitrogen and oxygen atoms in total. The Morgan fingerprint density at radius 1 is 1.19 bits per heavy atom. The van der Waals surface area contributed by atoms with Crippen LogP contribution in [0.1, 0.15) is 67.7 Å². The number of aliphatic imine (C=N–C) groups is 1. The Bertz CT molecular complexity index is 484. The van der Waals surface area contributed by atoms with Gasteiger partial charge in [0.25, 0.3) is 0 Å². The van der Waals surface area contributed by atoms with Crippen LogP contribution in [-0.4, -0.2) is 53.4 Å². The van der Waals surface area contributed by atoms with Crippen molar-refractivity contribution < 1.29 is 30.4 Å². The standard InChI is InChI=1S/C21H40FIN3O/c1-8-24-16-18(12-14-22)23-17-25-21(6,7)13-10-11-15-26(9-2)19(27)20(3,4)5/h12,16,25H,8-11,13-15,17H2,1-7H3/q-1/b18-12+,24-16?. The van der Waals surface area contributed by atoms with Gasteiger partial charge in [0, 0.05) is 0 Å². The van der Waals surface area contributed by atoms with E-state index in [0.29, 0.717) is 0 Å². The number of rotatable bonds is 13.